The summed E-state index contributed by atoms with van der Waals surface area (Å²) in [5.74, 6) is -2.40. The fraction of sp³-hybridized carbons (Fsp3) is 0.222. The van der Waals surface area contributed by atoms with Gasteiger partial charge in [0.05, 0.1) is 14.9 Å². The van der Waals surface area contributed by atoms with Crippen molar-refractivity contribution < 1.29 is 23.8 Å². The number of phenols is 1. The molecule has 1 fully saturated rings. The van der Waals surface area contributed by atoms with E-state index in [2.05, 4.69) is 25.9 Å². The van der Waals surface area contributed by atoms with Crippen molar-refractivity contribution in [1.82, 2.24) is 14.9 Å². The zero-order valence-electron chi connectivity index (χ0n) is 15.8. The van der Waals surface area contributed by atoms with E-state index in [0.29, 0.717) is 5.56 Å². The topological polar surface area (TPSA) is 119 Å². The molecule has 30 heavy (non-hydrogen) atoms. The lowest BCUT2D eigenvalue weighted by Crippen LogP contribution is -2.35. The number of carbonyl (C=O) groups excluding carboxylic acids is 2. The number of benzene rings is 1. The Hall–Kier alpha value is -2.60. The van der Waals surface area contributed by atoms with Crippen LogP contribution in [0.1, 0.15) is 18.1 Å². The molecule has 0 saturated carbocycles. The maximum absolute atomic E-state index is 14.6. The molecule has 2 radical (unpaired) electrons. The quantitative estimate of drug-likeness (QED) is 0.483. The van der Waals surface area contributed by atoms with Crippen molar-refractivity contribution in [3.8, 4) is 11.5 Å². The van der Waals surface area contributed by atoms with Crippen LogP contribution in [0.4, 0.5) is 15.1 Å². The molecule has 8 nitrogen and oxygen atoms in total. The van der Waals surface area contributed by atoms with Crippen LogP contribution in [-0.2, 0) is 11.2 Å². The van der Waals surface area contributed by atoms with Crippen molar-refractivity contribution >= 4 is 58.7 Å². The lowest BCUT2D eigenvalue weighted by atomic mass is 9.78. The van der Waals surface area contributed by atoms with Crippen molar-refractivity contribution in [3.63, 3.8) is 0 Å². The van der Waals surface area contributed by atoms with Gasteiger partial charge in [0, 0.05) is 25.9 Å². The van der Waals surface area contributed by atoms with Crippen molar-refractivity contribution in [2.24, 2.45) is 0 Å². The molecule has 2 heterocycles. The fourth-order valence-corrected chi connectivity index (χ4v) is 3.86. The number of hydrogen-bond donors (Lipinski definition) is 2. The van der Waals surface area contributed by atoms with Gasteiger partial charge in [-0.05, 0) is 57.9 Å². The second-order valence-electron chi connectivity index (χ2n) is 6.72. The minimum Gasteiger partial charge on any atom is -0.502 e. The van der Waals surface area contributed by atoms with Crippen LogP contribution in [0.2, 0.25) is 0 Å². The van der Waals surface area contributed by atoms with Gasteiger partial charge in [-0.2, -0.15) is 0 Å². The van der Waals surface area contributed by atoms with Gasteiger partial charge in [-0.15, -0.1) is 0 Å². The summed E-state index contributed by atoms with van der Waals surface area (Å²) >= 11 is 3.77. The number of nitrogens with two attached hydrogens (primary N) is 1. The molecule has 0 aliphatic carbocycles. The van der Waals surface area contributed by atoms with E-state index in [1.165, 1.54) is 38.5 Å². The molecule has 1 aromatic heterocycles. The Labute approximate surface area is 185 Å². The van der Waals surface area contributed by atoms with Gasteiger partial charge in [-0.25, -0.2) is 14.4 Å². The van der Waals surface area contributed by atoms with Crippen molar-refractivity contribution in [2.45, 2.75) is 18.8 Å². The average Bonchev–Trinajstić information content (AvgIpc) is 2.92. The zero-order chi connectivity index (χ0) is 22.2. The van der Waals surface area contributed by atoms with Crippen LogP contribution in [0.5, 0.6) is 11.5 Å². The summed E-state index contributed by atoms with van der Waals surface area (Å²) in [6, 6.07) is 1.32. The Balaban J connectivity index is 1.92. The van der Waals surface area contributed by atoms with E-state index >= 15 is 0 Å². The van der Waals surface area contributed by atoms with Gasteiger partial charge in [0.15, 0.2) is 17.3 Å². The first-order valence-corrected chi connectivity index (χ1v) is 10.1. The molecule has 1 atom stereocenters. The standard InChI is InChI=1S/C18H15BBrFN4O4S/c1-18(19,5-8-6-23-16(22)24-7-8)29-10-3-9(12(20)13(21)14(10)26)4-11-15(27)25(2)17(28)30-11/h3-4,6-7,26H,5H2,1-2H3,(H2,22,23,24)/b11-4-. The number of hydrogen-bond acceptors (Lipinski definition) is 8. The first kappa shape index (κ1) is 22.1. The molecule has 0 bridgehead atoms. The van der Waals surface area contributed by atoms with Crippen LogP contribution in [0.15, 0.2) is 27.8 Å². The van der Waals surface area contributed by atoms with E-state index in [1.54, 1.807) is 0 Å². The van der Waals surface area contributed by atoms with E-state index in [9.17, 15) is 19.1 Å². The molecule has 1 unspecified atom stereocenters. The summed E-state index contributed by atoms with van der Waals surface area (Å²) in [6.45, 7) is 1.53. The van der Waals surface area contributed by atoms with E-state index in [4.69, 9.17) is 18.3 Å². The SMILES string of the molecule is [B]C(C)(Cc1cnc(N)nc1)Oc1cc(/C=C2\SC(=O)N(C)C2=O)c(Br)c(F)c1O. The number of carbonyl (C=O) groups is 2. The number of nitrogens with zero attached hydrogens (tertiary/aromatic N) is 3. The molecule has 154 valence electrons. The van der Waals surface area contributed by atoms with Gasteiger partial charge >= 0.3 is 0 Å². The molecular formula is C18H15BBrFN4O4S. The Morgan fingerprint density at radius 2 is 2.07 bits per heavy atom. The normalized spacial score (nSPS) is 17.5. The Kier molecular flexibility index (Phi) is 6.09. The number of aromatic nitrogens is 2. The van der Waals surface area contributed by atoms with Crippen LogP contribution in [0.3, 0.4) is 0 Å². The lowest BCUT2D eigenvalue weighted by molar-refractivity contribution is -0.121. The Morgan fingerprint density at radius 1 is 1.43 bits per heavy atom. The van der Waals surface area contributed by atoms with Crippen LogP contribution < -0.4 is 10.5 Å². The number of rotatable bonds is 5. The molecule has 3 N–H and O–H groups in total. The van der Waals surface area contributed by atoms with Gasteiger partial charge in [-0.1, -0.05) is 0 Å². The number of ether oxygens (including phenoxy) is 1. The maximum Gasteiger partial charge on any atom is 0.293 e. The molecule has 1 saturated heterocycles. The molecule has 3 rings (SSSR count). The van der Waals surface area contributed by atoms with E-state index in [-0.39, 0.29) is 33.1 Å². The molecule has 12 heteroatoms. The van der Waals surface area contributed by atoms with Crippen LogP contribution in [0.25, 0.3) is 6.08 Å². The third kappa shape index (κ3) is 4.59. The van der Waals surface area contributed by atoms with Crippen LogP contribution in [0, 0.1) is 5.82 Å². The summed E-state index contributed by atoms with van der Waals surface area (Å²) in [6.07, 6.45) is 4.42. The molecule has 1 aromatic carbocycles. The highest BCUT2D eigenvalue weighted by Gasteiger charge is 2.32. The summed E-state index contributed by atoms with van der Waals surface area (Å²) < 4.78 is 20.1. The van der Waals surface area contributed by atoms with E-state index in [0.717, 1.165) is 16.7 Å². The molecule has 2 aromatic rings. The van der Waals surface area contributed by atoms with Crippen molar-refractivity contribution in [1.29, 1.82) is 0 Å². The largest absolute Gasteiger partial charge is 0.502 e. The molecule has 1 aliphatic rings. The minimum atomic E-state index is -1.37. The minimum absolute atomic E-state index is 0.0964. The number of halogens is 2. The van der Waals surface area contributed by atoms with Gasteiger partial charge in [0.2, 0.25) is 5.95 Å². The van der Waals surface area contributed by atoms with Crippen LogP contribution >= 0.6 is 27.7 Å². The highest BCUT2D eigenvalue weighted by Crippen LogP contribution is 2.41. The first-order valence-electron chi connectivity index (χ1n) is 8.45. The average molecular weight is 493 g/mol. The molecule has 1 aliphatic heterocycles. The summed E-state index contributed by atoms with van der Waals surface area (Å²) in [4.78, 5) is 32.6. The first-order chi connectivity index (χ1) is 14.0. The van der Waals surface area contributed by atoms with Gasteiger partial charge < -0.3 is 15.6 Å². The van der Waals surface area contributed by atoms with Crippen molar-refractivity contribution in [3.05, 3.63) is 44.8 Å². The molecule has 2 amide bonds. The number of nitrogen functional groups attached to an aromatic ring is 1. The van der Waals surface area contributed by atoms with Gasteiger partial charge in [-0.3, -0.25) is 14.5 Å². The lowest BCUT2D eigenvalue weighted by Gasteiger charge is -2.28. The number of imide groups is 1. The second-order valence-corrected chi connectivity index (χ2v) is 8.51. The fourth-order valence-electron chi connectivity index (χ4n) is 2.63. The third-order valence-corrected chi connectivity index (χ3v) is 5.84. The Morgan fingerprint density at radius 3 is 2.63 bits per heavy atom. The molecule has 0 spiro atoms. The Bertz CT molecular complexity index is 1070. The third-order valence-electron chi connectivity index (χ3n) is 4.07. The highest BCUT2D eigenvalue weighted by atomic mass is 79.9. The zero-order valence-corrected chi connectivity index (χ0v) is 18.3. The number of amides is 2. The number of thioether (sulfide) groups is 1. The second kappa shape index (κ2) is 8.27. The van der Waals surface area contributed by atoms with Crippen molar-refractivity contribution in [2.75, 3.05) is 12.8 Å². The smallest absolute Gasteiger partial charge is 0.293 e. The van der Waals surface area contributed by atoms with Crippen LogP contribution in [-0.4, -0.2) is 51.5 Å². The summed E-state index contributed by atoms with van der Waals surface area (Å²) in [5.41, 5.74) is 4.89. The van der Waals surface area contributed by atoms with Gasteiger partial charge in [0.1, 0.15) is 7.85 Å². The monoisotopic (exact) mass is 492 g/mol. The van der Waals surface area contributed by atoms with E-state index < -0.39 is 28.2 Å². The van der Waals surface area contributed by atoms with E-state index in [1.807, 2.05) is 0 Å². The summed E-state index contributed by atoms with van der Waals surface area (Å²) in [7, 11) is 7.52. The molecular weight excluding hydrogens is 478 g/mol. The number of likely N-dealkylation sites (N-methyl/N-ethyl adjacent to an activating group) is 1. The number of aromatic hydroxyl groups is 1. The van der Waals surface area contributed by atoms with Gasteiger partial charge in [0.25, 0.3) is 11.1 Å². The number of anilines is 1. The number of phenolic OH excluding ortho intramolecular Hbond substituents is 1. The predicted octanol–water partition coefficient (Wildman–Crippen LogP) is 2.84. The highest BCUT2D eigenvalue weighted by molar-refractivity contribution is 9.10. The maximum atomic E-state index is 14.6. The predicted molar refractivity (Wildman–Crippen MR) is 114 cm³/mol. The summed E-state index contributed by atoms with van der Waals surface area (Å²) in [5, 5.41) is 9.74.